The molecule has 4 nitrogen and oxygen atoms in total. The number of aryl methyl sites for hydroxylation is 4. The monoisotopic (exact) mass is 409 g/mol. The van der Waals surface area contributed by atoms with Crippen LogP contribution in [0.3, 0.4) is 0 Å². The number of fused-ring (bicyclic) bond motifs is 1. The Bertz CT molecular complexity index is 1220. The third kappa shape index (κ3) is 3.63. The van der Waals surface area contributed by atoms with E-state index in [4.69, 9.17) is 4.98 Å². The van der Waals surface area contributed by atoms with Crippen molar-refractivity contribution in [3.8, 4) is 0 Å². The number of carbonyl (C=O) groups is 1. The predicted molar refractivity (Wildman–Crippen MR) is 126 cm³/mol. The molecule has 1 saturated heterocycles. The molecule has 4 heteroatoms. The lowest BCUT2D eigenvalue weighted by atomic mass is 10.1. The number of para-hydroxylation sites is 3. The number of nitrogens with zero attached hydrogens (tertiary/aromatic N) is 3. The van der Waals surface area contributed by atoms with E-state index in [9.17, 15) is 4.79 Å². The van der Waals surface area contributed by atoms with Crippen LogP contribution in [0.15, 0.2) is 72.8 Å². The fraction of sp³-hybridized carbons (Fsp3) is 0.259. The van der Waals surface area contributed by atoms with Gasteiger partial charge < -0.3 is 9.47 Å². The minimum atomic E-state index is 0.0923. The molecule has 0 bridgehead atoms. The van der Waals surface area contributed by atoms with Gasteiger partial charge in [0.1, 0.15) is 5.82 Å². The lowest BCUT2D eigenvalue weighted by Gasteiger charge is -2.21. The normalized spacial score (nSPS) is 16.4. The highest BCUT2D eigenvalue weighted by atomic mass is 16.2. The molecule has 156 valence electrons. The number of hydrogen-bond donors (Lipinski definition) is 0. The first-order chi connectivity index (χ1) is 15.1. The van der Waals surface area contributed by atoms with Gasteiger partial charge in [0.2, 0.25) is 5.91 Å². The molecule has 3 aromatic carbocycles. The average Bonchev–Trinajstić information content (AvgIpc) is 3.33. The molecular formula is C27H27N3O. The Morgan fingerprint density at radius 2 is 1.61 bits per heavy atom. The maximum atomic E-state index is 13.1. The summed E-state index contributed by atoms with van der Waals surface area (Å²) < 4.78 is 2.33. The number of rotatable bonds is 5. The van der Waals surface area contributed by atoms with Crippen LogP contribution in [0.1, 0.15) is 34.9 Å². The second kappa shape index (κ2) is 8.03. The van der Waals surface area contributed by atoms with Crippen molar-refractivity contribution in [2.24, 2.45) is 0 Å². The van der Waals surface area contributed by atoms with Crippen molar-refractivity contribution in [3.63, 3.8) is 0 Å². The van der Waals surface area contributed by atoms with Crippen LogP contribution in [0, 0.1) is 13.8 Å². The molecule has 1 aliphatic rings. The Balaban J connectivity index is 1.49. The van der Waals surface area contributed by atoms with Crippen LogP contribution in [0.5, 0.6) is 0 Å². The molecule has 4 aromatic rings. The smallest absolute Gasteiger partial charge is 0.227 e. The molecule has 2 heterocycles. The molecule has 0 saturated carbocycles. The van der Waals surface area contributed by atoms with Crippen molar-refractivity contribution in [1.29, 1.82) is 0 Å². The number of benzene rings is 3. The first kappa shape index (κ1) is 19.6. The SMILES string of the molecule is Cc1cccc(C)c1N1CC(c2nc3ccccc3n2CCc2ccccc2)CC1=O. The highest BCUT2D eigenvalue weighted by Gasteiger charge is 2.35. The van der Waals surface area contributed by atoms with Gasteiger partial charge in [0.15, 0.2) is 0 Å². The highest BCUT2D eigenvalue weighted by molar-refractivity contribution is 5.98. The molecule has 1 amide bonds. The molecule has 1 aliphatic heterocycles. The van der Waals surface area contributed by atoms with Gasteiger partial charge >= 0.3 is 0 Å². The number of carbonyl (C=O) groups excluding carboxylic acids is 1. The fourth-order valence-electron chi connectivity index (χ4n) is 4.85. The lowest BCUT2D eigenvalue weighted by Crippen LogP contribution is -2.26. The first-order valence-corrected chi connectivity index (χ1v) is 11.0. The van der Waals surface area contributed by atoms with Gasteiger partial charge in [-0.1, -0.05) is 60.7 Å². The number of aromatic nitrogens is 2. The minimum Gasteiger partial charge on any atom is -0.327 e. The summed E-state index contributed by atoms with van der Waals surface area (Å²) in [6.45, 7) is 5.70. The third-order valence-corrected chi connectivity index (χ3v) is 6.35. The van der Waals surface area contributed by atoms with Crippen LogP contribution in [0.4, 0.5) is 5.69 Å². The zero-order chi connectivity index (χ0) is 21.4. The Morgan fingerprint density at radius 1 is 0.903 bits per heavy atom. The number of amides is 1. The third-order valence-electron chi connectivity index (χ3n) is 6.35. The van der Waals surface area contributed by atoms with E-state index in [1.165, 1.54) is 5.56 Å². The van der Waals surface area contributed by atoms with Crippen molar-refractivity contribution >= 4 is 22.6 Å². The molecule has 0 aliphatic carbocycles. The van der Waals surface area contributed by atoms with E-state index in [0.717, 1.165) is 46.6 Å². The van der Waals surface area contributed by atoms with E-state index in [2.05, 4.69) is 79.1 Å². The largest absolute Gasteiger partial charge is 0.327 e. The van der Waals surface area contributed by atoms with E-state index in [1.807, 2.05) is 17.0 Å². The molecule has 1 aromatic heterocycles. The van der Waals surface area contributed by atoms with Crippen LogP contribution in [0.2, 0.25) is 0 Å². The van der Waals surface area contributed by atoms with Crippen LogP contribution >= 0.6 is 0 Å². The van der Waals surface area contributed by atoms with Gasteiger partial charge in [-0.2, -0.15) is 0 Å². The summed E-state index contributed by atoms with van der Waals surface area (Å²) in [5.74, 6) is 1.30. The van der Waals surface area contributed by atoms with Gasteiger partial charge in [-0.3, -0.25) is 4.79 Å². The standard InChI is InChI=1S/C27H27N3O/c1-19-9-8-10-20(2)26(19)30-18-22(17-25(30)31)27-28-23-13-6-7-14-24(23)29(27)16-15-21-11-4-3-5-12-21/h3-14,22H,15-18H2,1-2H3. The van der Waals surface area contributed by atoms with Gasteiger partial charge in [-0.05, 0) is 49.1 Å². The molecule has 0 radical (unpaired) electrons. The topological polar surface area (TPSA) is 38.1 Å². The molecular weight excluding hydrogens is 382 g/mol. The number of anilines is 1. The maximum Gasteiger partial charge on any atom is 0.227 e. The summed E-state index contributed by atoms with van der Waals surface area (Å²) >= 11 is 0. The Hall–Kier alpha value is -3.40. The summed E-state index contributed by atoms with van der Waals surface area (Å²) in [6, 6.07) is 25.1. The van der Waals surface area contributed by atoms with Crippen LogP contribution < -0.4 is 4.90 Å². The highest BCUT2D eigenvalue weighted by Crippen LogP contribution is 2.36. The van der Waals surface area contributed by atoms with Gasteiger partial charge in [-0.25, -0.2) is 4.98 Å². The van der Waals surface area contributed by atoms with Gasteiger partial charge in [0.05, 0.1) is 11.0 Å². The zero-order valence-corrected chi connectivity index (χ0v) is 18.1. The Kier molecular flexibility index (Phi) is 5.06. The van der Waals surface area contributed by atoms with Crippen molar-refractivity contribution in [3.05, 3.63) is 95.3 Å². The zero-order valence-electron chi connectivity index (χ0n) is 18.1. The van der Waals surface area contributed by atoms with Crippen molar-refractivity contribution < 1.29 is 4.79 Å². The summed E-state index contributed by atoms with van der Waals surface area (Å²) in [4.78, 5) is 20.0. The summed E-state index contributed by atoms with van der Waals surface area (Å²) in [5.41, 5.74) is 6.81. The second-order valence-electron chi connectivity index (χ2n) is 8.49. The molecule has 0 spiro atoms. The molecule has 1 fully saturated rings. The van der Waals surface area contributed by atoms with Crippen LogP contribution in [-0.4, -0.2) is 22.0 Å². The molecule has 1 unspecified atom stereocenters. The second-order valence-corrected chi connectivity index (χ2v) is 8.49. The lowest BCUT2D eigenvalue weighted by molar-refractivity contribution is -0.117. The van der Waals surface area contributed by atoms with E-state index in [-0.39, 0.29) is 11.8 Å². The Labute approximate surface area is 183 Å². The molecule has 5 rings (SSSR count). The molecule has 1 atom stereocenters. The summed E-state index contributed by atoms with van der Waals surface area (Å²) in [7, 11) is 0. The Morgan fingerprint density at radius 3 is 2.39 bits per heavy atom. The van der Waals surface area contributed by atoms with Gasteiger partial charge in [-0.15, -0.1) is 0 Å². The maximum absolute atomic E-state index is 13.1. The van der Waals surface area contributed by atoms with Crippen molar-refractivity contribution in [2.45, 2.75) is 39.2 Å². The first-order valence-electron chi connectivity index (χ1n) is 11.0. The van der Waals surface area contributed by atoms with Crippen LogP contribution in [0.25, 0.3) is 11.0 Å². The molecule has 31 heavy (non-hydrogen) atoms. The average molecular weight is 410 g/mol. The van der Waals surface area contributed by atoms with E-state index >= 15 is 0 Å². The van der Waals surface area contributed by atoms with Gasteiger partial charge in [0.25, 0.3) is 0 Å². The summed E-state index contributed by atoms with van der Waals surface area (Å²) in [5, 5.41) is 0. The minimum absolute atomic E-state index is 0.0923. The van der Waals surface area contributed by atoms with Crippen LogP contribution in [-0.2, 0) is 17.8 Å². The fourth-order valence-corrected chi connectivity index (χ4v) is 4.85. The molecule has 0 N–H and O–H groups in total. The van der Waals surface area contributed by atoms with E-state index in [0.29, 0.717) is 13.0 Å². The van der Waals surface area contributed by atoms with E-state index < -0.39 is 0 Å². The summed E-state index contributed by atoms with van der Waals surface area (Å²) in [6.07, 6.45) is 1.44. The quantitative estimate of drug-likeness (QED) is 0.442. The van der Waals surface area contributed by atoms with E-state index in [1.54, 1.807) is 0 Å². The number of hydrogen-bond acceptors (Lipinski definition) is 2. The van der Waals surface area contributed by atoms with Crippen molar-refractivity contribution in [2.75, 3.05) is 11.4 Å². The van der Waals surface area contributed by atoms with Gasteiger partial charge in [0, 0.05) is 31.1 Å². The number of imidazole rings is 1. The predicted octanol–water partition coefficient (Wildman–Crippen LogP) is 5.42. The van der Waals surface area contributed by atoms with Crippen molar-refractivity contribution in [1.82, 2.24) is 9.55 Å².